The highest BCUT2D eigenvalue weighted by molar-refractivity contribution is 4.97. The molecule has 1 heterocycles. The third-order valence-electron chi connectivity index (χ3n) is 2.41. The molecule has 0 saturated heterocycles. The van der Waals surface area contributed by atoms with Gasteiger partial charge in [0.15, 0.2) is 0 Å². The summed E-state index contributed by atoms with van der Waals surface area (Å²) in [6.07, 6.45) is 4.88. The predicted molar refractivity (Wildman–Crippen MR) is 63.9 cm³/mol. The average Bonchev–Trinajstić information content (AvgIpc) is 2.44. The molecule has 1 aromatic rings. The second-order valence-electron chi connectivity index (χ2n) is 5.54. The zero-order valence-electron chi connectivity index (χ0n) is 10.6. The summed E-state index contributed by atoms with van der Waals surface area (Å²) < 4.78 is 2.09. The molecular formula is C12H23N3. The molecule has 3 heteroatoms. The van der Waals surface area contributed by atoms with Gasteiger partial charge in [0.1, 0.15) is 0 Å². The van der Waals surface area contributed by atoms with Gasteiger partial charge in [-0.1, -0.05) is 20.8 Å². The van der Waals surface area contributed by atoms with Crippen LogP contribution in [0.25, 0.3) is 0 Å². The highest BCUT2D eigenvalue weighted by Crippen LogP contribution is 2.14. The molecular weight excluding hydrogens is 186 g/mol. The van der Waals surface area contributed by atoms with Gasteiger partial charge in [0.2, 0.25) is 0 Å². The van der Waals surface area contributed by atoms with Crippen LogP contribution in [0.4, 0.5) is 0 Å². The summed E-state index contributed by atoms with van der Waals surface area (Å²) in [6, 6.07) is 0. The fraction of sp³-hybridized carbons (Fsp3) is 0.750. The van der Waals surface area contributed by atoms with E-state index >= 15 is 0 Å². The Hall–Kier alpha value is -0.830. The largest absolute Gasteiger partial charge is 0.338 e. The van der Waals surface area contributed by atoms with Crippen LogP contribution in [-0.4, -0.2) is 34.6 Å². The van der Waals surface area contributed by atoms with Gasteiger partial charge in [-0.25, -0.2) is 4.98 Å². The van der Waals surface area contributed by atoms with Gasteiger partial charge in [-0.05, 0) is 12.5 Å². The van der Waals surface area contributed by atoms with Crippen molar-refractivity contribution in [3.05, 3.63) is 18.2 Å². The average molecular weight is 209 g/mol. The number of rotatable bonds is 4. The summed E-state index contributed by atoms with van der Waals surface area (Å²) in [6.45, 7) is 9.04. The first kappa shape index (κ1) is 12.2. The van der Waals surface area contributed by atoms with Crippen LogP contribution in [-0.2, 0) is 13.5 Å². The topological polar surface area (TPSA) is 21.1 Å². The van der Waals surface area contributed by atoms with E-state index in [1.165, 1.54) is 5.69 Å². The standard InChI is InChI=1S/C12H23N3/c1-12(2,3)9-14(4)7-6-11-8-13-10-15(11)5/h8,10H,6-7,9H2,1-5H3. The highest BCUT2D eigenvalue weighted by Gasteiger charge is 2.13. The second kappa shape index (κ2) is 4.79. The van der Waals surface area contributed by atoms with Crippen molar-refractivity contribution in [3.63, 3.8) is 0 Å². The lowest BCUT2D eigenvalue weighted by Gasteiger charge is -2.26. The monoisotopic (exact) mass is 209 g/mol. The SMILES string of the molecule is CN(CCc1cncn1C)CC(C)(C)C. The molecule has 1 aromatic heterocycles. The van der Waals surface area contributed by atoms with Gasteiger partial charge < -0.3 is 9.47 Å². The molecule has 0 aliphatic rings. The fourth-order valence-electron chi connectivity index (χ4n) is 1.82. The Kier molecular flexibility index (Phi) is 3.91. The van der Waals surface area contributed by atoms with Crippen molar-refractivity contribution in [2.75, 3.05) is 20.1 Å². The van der Waals surface area contributed by atoms with Crippen molar-refractivity contribution in [2.45, 2.75) is 27.2 Å². The van der Waals surface area contributed by atoms with Crippen LogP contribution < -0.4 is 0 Å². The van der Waals surface area contributed by atoms with Crippen LogP contribution in [0.2, 0.25) is 0 Å². The van der Waals surface area contributed by atoms with Crippen LogP contribution in [0.3, 0.4) is 0 Å². The first-order valence-corrected chi connectivity index (χ1v) is 5.52. The van der Waals surface area contributed by atoms with E-state index < -0.39 is 0 Å². The van der Waals surface area contributed by atoms with Crippen molar-refractivity contribution in [1.82, 2.24) is 14.5 Å². The second-order valence-corrected chi connectivity index (χ2v) is 5.54. The van der Waals surface area contributed by atoms with Crippen molar-refractivity contribution < 1.29 is 0 Å². The highest BCUT2D eigenvalue weighted by atomic mass is 15.1. The van der Waals surface area contributed by atoms with E-state index in [1.54, 1.807) is 0 Å². The van der Waals surface area contributed by atoms with Gasteiger partial charge >= 0.3 is 0 Å². The quantitative estimate of drug-likeness (QED) is 0.755. The van der Waals surface area contributed by atoms with Crippen LogP contribution in [0, 0.1) is 5.41 Å². The Bertz CT molecular complexity index is 296. The summed E-state index contributed by atoms with van der Waals surface area (Å²) in [7, 11) is 4.23. The van der Waals surface area contributed by atoms with Gasteiger partial charge in [-0.3, -0.25) is 0 Å². The molecule has 1 rings (SSSR count). The Morgan fingerprint density at radius 1 is 1.40 bits per heavy atom. The zero-order chi connectivity index (χ0) is 11.5. The molecule has 0 amide bonds. The van der Waals surface area contributed by atoms with Crippen molar-refractivity contribution >= 4 is 0 Å². The molecule has 0 aromatic carbocycles. The lowest BCUT2D eigenvalue weighted by molar-refractivity contribution is 0.228. The summed E-state index contributed by atoms with van der Waals surface area (Å²) >= 11 is 0. The van der Waals surface area contributed by atoms with Crippen molar-refractivity contribution in [1.29, 1.82) is 0 Å². The number of likely N-dealkylation sites (N-methyl/N-ethyl adjacent to an activating group) is 1. The number of hydrogen-bond donors (Lipinski definition) is 0. The molecule has 0 aliphatic heterocycles. The first-order chi connectivity index (χ1) is 6.88. The van der Waals surface area contributed by atoms with Gasteiger partial charge in [-0.2, -0.15) is 0 Å². The molecule has 0 atom stereocenters. The van der Waals surface area contributed by atoms with E-state index in [9.17, 15) is 0 Å². The molecule has 0 bridgehead atoms. The number of hydrogen-bond acceptors (Lipinski definition) is 2. The predicted octanol–water partition coefficient (Wildman–Crippen LogP) is 1.94. The Morgan fingerprint density at radius 3 is 2.53 bits per heavy atom. The number of aromatic nitrogens is 2. The first-order valence-electron chi connectivity index (χ1n) is 5.52. The molecule has 0 unspecified atom stereocenters. The molecule has 0 saturated carbocycles. The molecule has 86 valence electrons. The van der Waals surface area contributed by atoms with E-state index in [1.807, 2.05) is 19.6 Å². The third-order valence-corrected chi connectivity index (χ3v) is 2.41. The summed E-state index contributed by atoms with van der Waals surface area (Å²) in [5, 5.41) is 0. The maximum absolute atomic E-state index is 4.12. The molecule has 0 N–H and O–H groups in total. The summed E-state index contributed by atoms with van der Waals surface area (Å²) in [4.78, 5) is 6.50. The number of imidazole rings is 1. The minimum Gasteiger partial charge on any atom is -0.338 e. The van der Waals surface area contributed by atoms with Gasteiger partial charge in [-0.15, -0.1) is 0 Å². The summed E-state index contributed by atoms with van der Waals surface area (Å²) in [5.74, 6) is 0. The molecule has 15 heavy (non-hydrogen) atoms. The maximum Gasteiger partial charge on any atom is 0.0945 e. The van der Waals surface area contributed by atoms with Gasteiger partial charge in [0.25, 0.3) is 0 Å². The molecule has 0 radical (unpaired) electrons. The van der Waals surface area contributed by atoms with Crippen LogP contribution in [0.1, 0.15) is 26.5 Å². The Labute approximate surface area is 93.1 Å². The van der Waals surface area contributed by atoms with Crippen molar-refractivity contribution in [3.8, 4) is 0 Å². The van der Waals surface area contributed by atoms with Crippen LogP contribution in [0.15, 0.2) is 12.5 Å². The van der Waals surface area contributed by atoms with Gasteiger partial charge in [0, 0.05) is 38.4 Å². The van der Waals surface area contributed by atoms with E-state index in [0.717, 1.165) is 19.5 Å². The molecule has 0 aliphatic carbocycles. The Balaban J connectivity index is 2.35. The maximum atomic E-state index is 4.12. The number of aryl methyl sites for hydroxylation is 1. The number of nitrogens with zero attached hydrogens (tertiary/aromatic N) is 3. The molecule has 3 nitrogen and oxygen atoms in total. The van der Waals surface area contributed by atoms with E-state index in [4.69, 9.17) is 0 Å². The van der Waals surface area contributed by atoms with Crippen LogP contribution in [0.5, 0.6) is 0 Å². The van der Waals surface area contributed by atoms with Crippen LogP contribution >= 0.6 is 0 Å². The van der Waals surface area contributed by atoms with E-state index in [2.05, 4.69) is 42.3 Å². The Morgan fingerprint density at radius 2 is 2.07 bits per heavy atom. The fourth-order valence-corrected chi connectivity index (χ4v) is 1.82. The normalized spacial score (nSPS) is 12.4. The summed E-state index contributed by atoms with van der Waals surface area (Å²) in [5.41, 5.74) is 1.68. The van der Waals surface area contributed by atoms with Crippen molar-refractivity contribution in [2.24, 2.45) is 12.5 Å². The van der Waals surface area contributed by atoms with Gasteiger partial charge in [0.05, 0.1) is 6.33 Å². The zero-order valence-corrected chi connectivity index (χ0v) is 10.6. The smallest absolute Gasteiger partial charge is 0.0945 e. The lowest BCUT2D eigenvalue weighted by Crippen LogP contribution is -2.31. The van der Waals surface area contributed by atoms with E-state index in [-0.39, 0.29) is 0 Å². The minimum atomic E-state index is 0.376. The minimum absolute atomic E-state index is 0.376. The van der Waals surface area contributed by atoms with E-state index in [0.29, 0.717) is 5.41 Å². The molecule has 0 spiro atoms. The third kappa shape index (κ3) is 4.47. The molecule has 0 fully saturated rings. The lowest BCUT2D eigenvalue weighted by atomic mass is 9.96.